The van der Waals surface area contributed by atoms with Gasteiger partial charge in [0, 0.05) is 16.7 Å². The van der Waals surface area contributed by atoms with Gasteiger partial charge in [0.05, 0.1) is 5.39 Å². The predicted octanol–water partition coefficient (Wildman–Crippen LogP) is 1.70. The van der Waals surface area contributed by atoms with Crippen molar-refractivity contribution >= 4 is 32.8 Å². The molecule has 1 aliphatic heterocycles. The molecular formula is C11H14BrN5. The maximum absolute atomic E-state index is 5.89. The Labute approximate surface area is 108 Å². The Morgan fingerprint density at radius 1 is 1.35 bits per heavy atom. The Kier molecular flexibility index (Phi) is 2.76. The summed E-state index contributed by atoms with van der Waals surface area (Å²) in [6.07, 6.45) is 5.85. The molecule has 0 saturated carbocycles. The van der Waals surface area contributed by atoms with E-state index in [1.165, 1.54) is 6.33 Å². The number of piperidine rings is 1. The van der Waals surface area contributed by atoms with Crippen molar-refractivity contribution in [3.8, 4) is 0 Å². The molecule has 2 aromatic rings. The highest BCUT2D eigenvalue weighted by Crippen LogP contribution is 2.32. The van der Waals surface area contributed by atoms with Gasteiger partial charge in [-0.05, 0) is 41.9 Å². The molecule has 0 amide bonds. The van der Waals surface area contributed by atoms with Crippen molar-refractivity contribution < 1.29 is 0 Å². The molecule has 2 aromatic heterocycles. The summed E-state index contributed by atoms with van der Waals surface area (Å²) in [5.41, 5.74) is 6.82. The Bertz CT molecular complexity index is 544. The summed E-state index contributed by atoms with van der Waals surface area (Å²) < 4.78 is 3.20. The first-order chi connectivity index (χ1) is 8.27. The first-order valence-corrected chi connectivity index (χ1v) is 6.54. The molecule has 1 saturated heterocycles. The van der Waals surface area contributed by atoms with Gasteiger partial charge >= 0.3 is 0 Å². The van der Waals surface area contributed by atoms with Crippen molar-refractivity contribution in [3.05, 3.63) is 17.0 Å². The second kappa shape index (κ2) is 4.27. The van der Waals surface area contributed by atoms with Gasteiger partial charge in [-0.25, -0.2) is 9.97 Å². The second-order valence-corrected chi connectivity index (χ2v) is 5.18. The van der Waals surface area contributed by atoms with Gasteiger partial charge in [0.15, 0.2) is 0 Å². The van der Waals surface area contributed by atoms with Crippen molar-refractivity contribution in [2.75, 3.05) is 18.8 Å². The summed E-state index contributed by atoms with van der Waals surface area (Å²) in [5.74, 6) is 0.537. The molecule has 17 heavy (non-hydrogen) atoms. The number of aromatic nitrogens is 3. The van der Waals surface area contributed by atoms with Gasteiger partial charge in [0.2, 0.25) is 0 Å². The third-order valence-electron chi connectivity index (χ3n) is 3.29. The predicted molar refractivity (Wildman–Crippen MR) is 70.8 cm³/mol. The molecule has 1 aliphatic rings. The fraction of sp³-hybridized carbons (Fsp3) is 0.455. The number of fused-ring (bicyclic) bond motifs is 1. The van der Waals surface area contributed by atoms with Gasteiger partial charge in [-0.15, -0.1) is 0 Å². The lowest BCUT2D eigenvalue weighted by Crippen LogP contribution is -2.29. The van der Waals surface area contributed by atoms with Crippen molar-refractivity contribution in [3.63, 3.8) is 0 Å². The number of nitrogen functional groups attached to an aromatic ring is 1. The molecule has 0 spiro atoms. The van der Waals surface area contributed by atoms with E-state index in [-0.39, 0.29) is 0 Å². The molecule has 90 valence electrons. The molecule has 1 fully saturated rings. The average molecular weight is 296 g/mol. The van der Waals surface area contributed by atoms with Crippen LogP contribution in [0.3, 0.4) is 0 Å². The average Bonchev–Trinajstić information content (AvgIpc) is 2.69. The Balaban J connectivity index is 2.13. The highest BCUT2D eigenvalue weighted by atomic mass is 79.9. The van der Waals surface area contributed by atoms with Crippen LogP contribution >= 0.6 is 15.9 Å². The minimum atomic E-state index is 0.499. The zero-order valence-electron chi connectivity index (χ0n) is 9.36. The molecule has 0 atom stereocenters. The van der Waals surface area contributed by atoms with Gasteiger partial charge in [0.1, 0.15) is 17.8 Å². The van der Waals surface area contributed by atoms with Crippen LogP contribution < -0.4 is 11.1 Å². The van der Waals surface area contributed by atoms with Gasteiger partial charge in [-0.2, -0.15) is 0 Å². The highest BCUT2D eigenvalue weighted by Gasteiger charge is 2.20. The Morgan fingerprint density at radius 2 is 2.12 bits per heavy atom. The third-order valence-corrected chi connectivity index (χ3v) is 3.90. The molecule has 0 unspecified atom stereocenters. The minimum Gasteiger partial charge on any atom is -0.383 e. The number of hydrogen-bond acceptors (Lipinski definition) is 4. The van der Waals surface area contributed by atoms with Crippen LogP contribution in [0.4, 0.5) is 5.82 Å². The summed E-state index contributed by atoms with van der Waals surface area (Å²) in [6.45, 7) is 2.12. The Morgan fingerprint density at radius 3 is 2.88 bits per heavy atom. The van der Waals surface area contributed by atoms with E-state index in [1.807, 2.05) is 0 Å². The van der Waals surface area contributed by atoms with Crippen LogP contribution in [0.25, 0.3) is 11.0 Å². The maximum atomic E-state index is 5.89. The third kappa shape index (κ3) is 1.81. The monoisotopic (exact) mass is 295 g/mol. The van der Waals surface area contributed by atoms with Crippen LogP contribution in [0.5, 0.6) is 0 Å². The summed E-state index contributed by atoms with van der Waals surface area (Å²) in [4.78, 5) is 8.40. The largest absolute Gasteiger partial charge is 0.383 e. The zero-order chi connectivity index (χ0) is 11.8. The van der Waals surface area contributed by atoms with Crippen molar-refractivity contribution in [1.29, 1.82) is 0 Å². The van der Waals surface area contributed by atoms with Crippen LogP contribution in [0.15, 0.2) is 17.0 Å². The van der Waals surface area contributed by atoms with E-state index in [4.69, 9.17) is 5.73 Å². The fourth-order valence-corrected chi connectivity index (χ4v) is 3.03. The van der Waals surface area contributed by atoms with E-state index < -0.39 is 0 Å². The smallest absolute Gasteiger partial charge is 0.146 e. The topological polar surface area (TPSA) is 68.8 Å². The summed E-state index contributed by atoms with van der Waals surface area (Å²) in [7, 11) is 0. The van der Waals surface area contributed by atoms with Crippen LogP contribution in [-0.2, 0) is 0 Å². The summed E-state index contributed by atoms with van der Waals surface area (Å²) in [5, 5.41) is 4.29. The minimum absolute atomic E-state index is 0.499. The molecule has 0 bridgehead atoms. The van der Waals surface area contributed by atoms with E-state index in [9.17, 15) is 0 Å². The van der Waals surface area contributed by atoms with Gasteiger partial charge in [0.25, 0.3) is 0 Å². The first kappa shape index (κ1) is 11.0. The first-order valence-electron chi connectivity index (χ1n) is 5.74. The van der Waals surface area contributed by atoms with Crippen LogP contribution in [0.1, 0.15) is 18.9 Å². The SMILES string of the molecule is Nc1ncnc2c1c(Br)cn2C1CCNCC1. The van der Waals surface area contributed by atoms with Crippen LogP contribution in [0.2, 0.25) is 0 Å². The second-order valence-electron chi connectivity index (χ2n) is 4.32. The van der Waals surface area contributed by atoms with E-state index in [2.05, 4.69) is 42.0 Å². The molecule has 0 aliphatic carbocycles. The lowest BCUT2D eigenvalue weighted by Gasteiger charge is -2.24. The lowest BCUT2D eigenvalue weighted by molar-refractivity contribution is 0.374. The van der Waals surface area contributed by atoms with E-state index in [0.717, 1.165) is 41.4 Å². The summed E-state index contributed by atoms with van der Waals surface area (Å²) in [6, 6.07) is 0.499. The van der Waals surface area contributed by atoms with E-state index >= 15 is 0 Å². The molecular weight excluding hydrogens is 282 g/mol. The van der Waals surface area contributed by atoms with E-state index in [1.54, 1.807) is 0 Å². The number of anilines is 1. The molecule has 6 heteroatoms. The van der Waals surface area contributed by atoms with Crippen LogP contribution in [0, 0.1) is 0 Å². The van der Waals surface area contributed by atoms with Crippen molar-refractivity contribution in [2.24, 2.45) is 0 Å². The number of halogens is 1. The number of nitrogens with two attached hydrogens (primary N) is 1. The van der Waals surface area contributed by atoms with Crippen molar-refractivity contribution in [2.45, 2.75) is 18.9 Å². The normalized spacial score (nSPS) is 17.7. The zero-order valence-corrected chi connectivity index (χ0v) is 10.9. The Hall–Kier alpha value is -1.14. The number of rotatable bonds is 1. The molecule has 3 rings (SSSR count). The maximum Gasteiger partial charge on any atom is 0.146 e. The van der Waals surface area contributed by atoms with Gasteiger partial charge < -0.3 is 15.6 Å². The highest BCUT2D eigenvalue weighted by molar-refractivity contribution is 9.10. The molecule has 3 heterocycles. The van der Waals surface area contributed by atoms with Crippen molar-refractivity contribution in [1.82, 2.24) is 19.9 Å². The molecule has 3 N–H and O–H groups in total. The number of hydrogen-bond donors (Lipinski definition) is 2. The quantitative estimate of drug-likeness (QED) is 0.840. The number of nitrogens with one attached hydrogen (secondary N) is 1. The molecule has 0 aromatic carbocycles. The van der Waals surface area contributed by atoms with Crippen LogP contribution in [-0.4, -0.2) is 27.6 Å². The molecule has 0 radical (unpaired) electrons. The molecule has 5 nitrogen and oxygen atoms in total. The lowest BCUT2D eigenvalue weighted by atomic mass is 10.1. The van der Waals surface area contributed by atoms with E-state index in [0.29, 0.717) is 11.9 Å². The standard InChI is InChI=1S/C11H14BrN5/c12-8-5-17(7-1-3-14-4-2-7)11-9(8)10(13)15-6-16-11/h5-7,14H,1-4H2,(H2,13,15,16). The fourth-order valence-electron chi connectivity index (χ4n) is 2.43. The summed E-state index contributed by atoms with van der Waals surface area (Å²) >= 11 is 3.54. The number of nitrogens with zero attached hydrogens (tertiary/aromatic N) is 3. The van der Waals surface area contributed by atoms with Gasteiger partial charge in [-0.3, -0.25) is 0 Å². The van der Waals surface area contributed by atoms with Gasteiger partial charge in [-0.1, -0.05) is 0 Å².